The van der Waals surface area contributed by atoms with Gasteiger partial charge in [-0.25, -0.2) is 0 Å². The molecule has 0 spiro atoms. The van der Waals surface area contributed by atoms with Crippen molar-refractivity contribution < 1.29 is 5.11 Å². The smallest absolute Gasteiger partial charge is 0.0821 e. The summed E-state index contributed by atoms with van der Waals surface area (Å²) in [6.07, 6.45) is 5.70. The molecule has 15 heavy (non-hydrogen) atoms. The summed E-state index contributed by atoms with van der Waals surface area (Å²) >= 11 is 0. The molecule has 1 fully saturated rings. The molecule has 0 heterocycles. The maximum absolute atomic E-state index is 10.6. The largest absolute Gasteiger partial charge is 0.388 e. The van der Waals surface area contributed by atoms with Gasteiger partial charge in [-0.15, -0.1) is 0 Å². The summed E-state index contributed by atoms with van der Waals surface area (Å²) in [4.78, 5) is 0. The molecule has 0 unspecified atom stereocenters. The van der Waals surface area contributed by atoms with Crippen molar-refractivity contribution in [2.45, 2.75) is 77.4 Å². The van der Waals surface area contributed by atoms with Gasteiger partial charge in [-0.1, -0.05) is 27.7 Å². The standard InChI is InChI=1S/C13H27NO/c1-5-13(15,6-2)12(14)9-7-11(3,4)8-10-12/h15H,5-10,14H2,1-4H3. The van der Waals surface area contributed by atoms with Crippen molar-refractivity contribution in [2.24, 2.45) is 11.1 Å². The molecule has 1 aliphatic carbocycles. The molecule has 1 saturated carbocycles. The number of hydrogen-bond acceptors (Lipinski definition) is 2. The van der Waals surface area contributed by atoms with Crippen LogP contribution in [0.2, 0.25) is 0 Å². The molecule has 0 saturated heterocycles. The molecule has 0 aromatic rings. The van der Waals surface area contributed by atoms with E-state index < -0.39 is 5.60 Å². The van der Waals surface area contributed by atoms with Crippen molar-refractivity contribution in [2.75, 3.05) is 0 Å². The Kier molecular flexibility index (Phi) is 3.52. The number of rotatable bonds is 3. The third kappa shape index (κ3) is 2.36. The van der Waals surface area contributed by atoms with Crippen LogP contribution in [0.25, 0.3) is 0 Å². The maximum atomic E-state index is 10.6. The average molecular weight is 213 g/mol. The van der Waals surface area contributed by atoms with Gasteiger partial charge in [0.2, 0.25) is 0 Å². The highest BCUT2D eigenvalue weighted by Crippen LogP contribution is 2.45. The highest BCUT2D eigenvalue weighted by atomic mass is 16.3. The summed E-state index contributed by atoms with van der Waals surface area (Å²) in [6.45, 7) is 8.67. The Morgan fingerprint density at radius 3 is 1.80 bits per heavy atom. The minimum atomic E-state index is -0.663. The van der Waals surface area contributed by atoms with Crippen molar-refractivity contribution in [3.8, 4) is 0 Å². The Hall–Kier alpha value is -0.0800. The minimum absolute atomic E-state index is 0.355. The predicted octanol–water partition coefficient (Wildman–Crippen LogP) is 2.84. The predicted molar refractivity (Wildman–Crippen MR) is 64.7 cm³/mol. The normalized spacial score (nSPS) is 25.2. The van der Waals surface area contributed by atoms with Gasteiger partial charge in [0.25, 0.3) is 0 Å². The summed E-state index contributed by atoms with van der Waals surface area (Å²) in [6, 6.07) is 0. The zero-order chi connectivity index (χ0) is 11.7. The quantitative estimate of drug-likeness (QED) is 0.757. The molecule has 1 rings (SSSR count). The topological polar surface area (TPSA) is 46.2 Å². The highest BCUT2D eigenvalue weighted by Gasteiger charge is 2.48. The number of hydrogen-bond donors (Lipinski definition) is 2. The van der Waals surface area contributed by atoms with Gasteiger partial charge in [-0.3, -0.25) is 0 Å². The summed E-state index contributed by atoms with van der Waals surface area (Å²) < 4.78 is 0. The van der Waals surface area contributed by atoms with E-state index in [1.807, 2.05) is 13.8 Å². The maximum Gasteiger partial charge on any atom is 0.0821 e. The van der Waals surface area contributed by atoms with Crippen molar-refractivity contribution in [1.82, 2.24) is 0 Å². The third-order valence-electron chi connectivity index (χ3n) is 4.59. The molecule has 0 bridgehead atoms. The fourth-order valence-electron chi connectivity index (χ4n) is 2.79. The molecule has 2 heteroatoms. The summed E-state index contributed by atoms with van der Waals surface area (Å²) in [5.41, 5.74) is 5.82. The molecular formula is C13H27NO. The third-order valence-corrected chi connectivity index (χ3v) is 4.59. The Bertz CT molecular complexity index is 209. The minimum Gasteiger partial charge on any atom is -0.388 e. The van der Waals surface area contributed by atoms with E-state index in [2.05, 4.69) is 13.8 Å². The Morgan fingerprint density at radius 2 is 1.47 bits per heavy atom. The van der Waals surface area contributed by atoms with E-state index in [0.29, 0.717) is 5.41 Å². The summed E-state index contributed by atoms with van der Waals surface area (Å²) in [5.74, 6) is 0. The zero-order valence-corrected chi connectivity index (χ0v) is 10.8. The molecule has 0 amide bonds. The van der Waals surface area contributed by atoms with Crippen LogP contribution in [0.5, 0.6) is 0 Å². The molecule has 0 aromatic heterocycles. The SMILES string of the molecule is CCC(O)(CC)C1(N)CCC(C)(C)CC1. The Morgan fingerprint density at radius 1 is 1.07 bits per heavy atom. The van der Waals surface area contributed by atoms with E-state index >= 15 is 0 Å². The van der Waals surface area contributed by atoms with Gasteiger partial charge in [-0.2, -0.15) is 0 Å². The van der Waals surface area contributed by atoms with Gasteiger partial charge in [-0.05, 0) is 43.9 Å². The van der Waals surface area contributed by atoms with Crippen LogP contribution in [-0.4, -0.2) is 16.2 Å². The van der Waals surface area contributed by atoms with E-state index in [0.717, 1.165) is 38.5 Å². The first kappa shape index (κ1) is 13.0. The average Bonchev–Trinajstić information content (AvgIpc) is 2.21. The lowest BCUT2D eigenvalue weighted by Crippen LogP contribution is -2.62. The van der Waals surface area contributed by atoms with E-state index in [1.54, 1.807) is 0 Å². The summed E-state index contributed by atoms with van der Waals surface area (Å²) in [7, 11) is 0. The lowest BCUT2D eigenvalue weighted by atomic mass is 9.62. The molecule has 2 nitrogen and oxygen atoms in total. The van der Waals surface area contributed by atoms with E-state index in [4.69, 9.17) is 5.73 Å². The van der Waals surface area contributed by atoms with Crippen LogP contribution in [-0.2, 0) is 0 Å². The summed E-state index contributed by atoms with van der Waals surface area (Å²) in [5, 5.41) is 10.6. The van der Waals surface area contributed by atoms with Crippen molar-refractivity contribution in [1.29, 1.82) is 0 Å². The fourth-order valence-corrected chi connectivity index (χ4v) is 2.79. The van der Waals surface area contributed by atoms with Crippen LogP contribution in [0, 0.1) is 5.41 Å². The van der Waals surface area contributed by atoms with Gasteiger partial charge in [0.05, 0.1) is 5.60 Å². The van der Waals surface area contributed by atoms with E-state index in [1.165, 1.54) is 0 Å². The molecule has 3 N–H and O–H groups in total. The molecule has 0 atom stereocenters. The van der Waals surface area contributed by atoms with E-state index in [-0.39, 0.29) is 5.54 Å². The molecule has 90 valence electrons. The van der Waals surface area contributed by atoms with Crippen LogP contribution in [0.1, 0.15) is 66.2 Å². The van der Waals surface area contributed by atoms with Crippen LogP contribution in [0.15, 0.2) is 0 Å². The lowest BCUT2D eigenvalue weighted by Gasteiger charge is -2.50. The Balaban J connectivity index is 2.77. The molecule has 0 radical (unpaired) electrons. The van der Waals surface area contributed by atoms with Gasteiger partial charge >= 0.3 is 0 Å². The first-order valence-electron chi connectivity index (χ1n) is 6.30. The van der Waals surface area contributed by atoms with Gasteiger partial charge in [0.15, 0.2) is 0 Å². The first-order valence-corrected chi connectivity index (χ1v) is 6.30. The number of nitrogens with two attached hydrogens (primary N) is 1. The van der Waals surface area contributed by atoms with Crippen LogP contribution >= 0.6 is 0 Å². The lowest BCUT2D eigenvalue weighted by molar-refractivity contribution is -0.0693. The molecule has 1 aliphatic rings. The van der Waals surface area contributed by atoms with Crippen LogP contribution in [0.3, 0.4) is 0 Å². The highest BCUT2D eigenvalue weighted by molar-refractivity contribution is 5.05. The van der Waals surface area contributed by atoms with Crippen molar-refractivity contribution >= 4 is 0 Å². The van der Waals surface area contributed by atoms with Crippen molar-refractivity contribution in [3.63, 3.8) is 0 Å². The monoisotopic (exact) mass is 213 g/mol. The number of aliphatic hydroxyl groups is 1. The van der Waals surface area contributed by atoms with Crippen LogP contribution < -0.4 is 5.73 Å². The van der Waals surface area contributed by atoms with E-state index in [9.17, 15) is 5.11 Å². The van der Waals surface area contributed by atoms with Gasteiger partial charge in [0.1, 0.15) is 0 Å². The molecule has 0 aliphatic heterocycles. The van der Waals surface area contributed by atoms with Crippen LogP contribution in [0.4, 0.5) is 0 Å². The molecule has 0 aromatic carbocycles. The Labute approximate surface area is 94.2 Å². The van der Waals surface area contributed by atoms with Crippen molar-refractivity contribution in [3.05, 3.63) is 0 Å². The van der Waals surface area contributed by atoms with Gasteiger partial charge < -0.3 is 10.8 Å². The zero-order valence-electron chi connectivity index (χ0n) is 10.8. The second-order valence-electron chi connectivity index (χ2n) is 6.06. The molecular weight excluding hydrogens is 186 g/mol. The van der Waals surface area contributed by atoms with Gasteiger partial charge in [0, 0.05) is 5.54 Å². The first-order chi connectivity index (χ1) is 6.79. The fraction of sp³-hybridized carbons (Fsp3) is 1.00. The second-order valence-corrected chi connectivity index (χ2v) is 6.06. The second kappa shape index (κ2) is 4.06.